The molecule has 126 valence electrons. The molecule has 0 bridgehead atoms. The predicted octanol–water partition coefficient (Wildman–Crippen LogP) is 2.46. The molecule has 0 amide bonds. The number of hydrogen-bond donors (Lipinski definition) is 1. The van der Waals surface area contributed by atoms with Crippen LogP contribution in [0.4, 0.5) is 26.3 Å². The Balaban J connectivity index is 2.89. The lowest BCUT2D eigenvalue weighted by Gasteiger charge is -2.30. The average Bonchev–Trinajstić information content (AvgIpc) is 2.38. The molecule has 0 heterocycles. The van der Waals surface area contributed by atoms with E-state index in [1.54, 1.807) is 6.07 Å². The van der Waals surface area contributed by atoms with Crippen molar-refractivity contribution in [3.63, 3.8) is 0 Å². The molecule has 22 heavy (non-hydrogen) atoms. The molecule has 0 spiro atoms. The van der Waals surface area contributed by atoms with Gasteiger partial charge in [0.15, 0.2) is 9.84 Å². The highest BCUT2D eigenvalue weighted by Gasteiger charge is 2.66. The van der Waals surface area contributed by atoms with Crippen LogP contribution in [0.15, 0.2) is 30.3 Å². The summed E-state index contributed by atoms with van der Waals surface area (Å²) in [5.41, 5.74) is 5.01. The van der Waals surface area contributed by atoms with Crippen LogP contribution in [-0.2, 0) is 15.6 Å². The van der Waals surface area contributed by atoms with Crippen LogP contribution in [0.5, 0.6) is 0 Å². The molecule has 2 N–H and O–H groups in total. The van der Waals surface area contributed by atoms with Crippen molar-refractivity contribution in [1.82, 2.24) is 0 Å². The molecule has 0 aliphatic carbocycles. The van der Waals surface area contributed by atoms with E-state index in [-0.39, 0.29) is 5.56 Å². The van der Waals surface area contributed by atoms with Crippen LogP contribution < -0.4 is 5.73 Å². The van der Waals surface area contributed by atoms with Gasteiger partial charge in [-0.25, -0.2) is 17.2 Å². The number of sulfone groups is 1. The minimum absolute atomic E-state index is 0.235. The Bertz CT molecular complexity index is 591. The summed E-state index contributed by atoms with van der Waals surface area (Å²) in [6.45, 7) is 0. The highest BCUT2D eigenvalue weighted by molar-refractivity contribution is 7.90. The second-order valence-electron chi connectivity index (χ2n) is 4.69. The van der Waals surface area contributed by atoms with Gasteiger partial charge in [0.1, 0.15) is 0 Å². The maximum atomic E-state index is 13.3. The van der Waals surface area contributed by atoms with E-state index in [9.17, 15) is 34.8 Å². The Morgan fingerprint density at radius 2 is 1.50 bits per heavy atom. The quantitative estimate of drug-likeness (QED) is 0.770. The van der Waals surface area contributed by atoms with Crippen LogP contribution in [0.25, 0.3) is 0 Å². The van der Waals surface area contributed by atoms with Crippen molar-refractivity contribution in [3.05, 3.63) is 35.9 Å². The predicted molar refractivity (Wildman–Crippen MR) is 67.8 cm³/mol. The zero-order chi connectivity index (χ0) is 17.2. The number of rotatable bonds is 7. The summed E-state index contributed by atoms with van der Waals surface area (Å²) in [6, 6.07) is 4.38. The molecule has 10 heteroatoms. The van der Waals surface area contributed by atoms with E-state index in [4.69, 9.17) is 5.73 Å². The van der Waals surface area contributed by atoms with Gasteiger partial charge in [-0.3, -0.25) is 0 Å². The van der Waals surface area contributed by atoms with E-state index < -0.39 is 45.7 Å². The van der Waals surface area contributed by atoms with Gasteiger partial charge in [-0.05, 0) is 5.56 Å². The summed E-state index contributed by atoms with van der Waals surface area (Å²) in [6.07, 6.45) is -4.66. The first kappa shape index (κ1) is 18.8. The van der Waals surface area contributed by atoms with Gasteiger partial charge < -0.3 is 5.73 Å². The van der Waals surface area contributed by atoms with Crippen molar-refractivity contribution in [1.29, 1.82) is 0 Å². The normalized spacial score (nSPS) is 15.1. The van der Waals surface area contributed by atoms with E-state index in [2.05, 4.69) is 0 Å². The van der Waals surface area contributed by atoms with Gasteiger partial charge in [0.25, 0.3) is 0 Å². The maximum Gasteiger partial charge on any atom is 0.370 e. The molecule has 0 aliphatic heterocycles. The molecule has 1 aromatic carbocycles. The average molecular weight is 349 g/mol. The van der Waals surface area contributed by atoms with Crippen molar-refractivity contribution in [2.24, 2.45) is 5.73 Å². The van der Waals surface area contributed by atoms with E-state index >= 15 is 0 Å². The smallest absolute Gasteiger partial charge is 0.322 e. The van der Waals surface area contributed by atoms with Gasteiger partial charge in [0, 0.05) is 0 Å². The fourth-order valence-electron chi connectivity index (χ4n) is 1.66. The number of alkyl halides is 6. The first-order chi connectivity index (χ1) is 9.90. The number of hydrogen-bond acceptors (Lipinski definition) is 3. The van der Waals surface area contributed by atoms with Crippen LogP contribution in [0.2, 0.25) is 0 Å². The minimum Gasteiger partial charge on any atom is -0.322 e. The Labute approximate surface area is 123 Å². The SMILES string of the molecule is NC(CS(=O)(=O)Cc1ccccc1)C(F)(F)C(F)(F)C(F)F. The van der Waals surface area contributed by atoms with E-state index in [0.29, 0.717) is 0 Å². The fraction of sp³-hybridized carbons (Fsp3) is 0.500. The highest BCUT2D eigenvalue weighted by atomic mass is 32.2. The molecule has 0 saturated heterocycles. The third-order valence-corrected chi connectivity index (χ3v) is 4.49. The number of benzene rings is 1. The van der Waals surface area contributed by atoms with Crippen LogP contribution in [0.1, 0.15) is 5.56 Å². The lowest BCUT2D eigenvalue weighted by atomic mass is 10.1. The van der Waals surface area contributed by atoms with Gasteiger partial charge in [0.05, 0.1) is 17.5 Å². The molecule has 1 aromatic rings. The third kappa shape index (κ3) is 4.13. The Kier molecular flexibility index (Phi) is 5.50. The van der Waals surface area contributed by atoms with E-state index in [1.165, 1.54) is 24.3 Å². The van der Waals surface area contributed by atoms with Crippen molar-refractivity contribution in [2.75, 3.05) is 5.75 Å². The van der Waals surface area contributed by atoms with Crippen molar-refractivity contribution in [2.45, 2.75) is 30.1 Å². The molecule has 1 unspecified atom stereocenters. The van der Waals surface area contributed by atoms with Gasteiger partial charge in [-0.15, -0.1) is 0 Å². The Morgan fingerprint density at radius 1 is 1.00 bits per heavy atom. The molecular formula is C12H13F6NO2S. The van der Waals surface area contributed by atoms with Crippen LogP contribution in [-0.4, -0.2) is 38.5 Å². The number of nitrogens with two attached hydrogens (primary N) is 1. The summed E-state index contributed by atoms with van der Waals surface area (Å²) in [5.74, 6) is -13.3. The summed E-state index contributed by atoms with van der Waals surface area (Å²) >= 11 is 0. The van der Waals surface area contributed by atoms with E-state index in [0.717, 1.165) is 0 Å². The molecule has 0 aromatic heterocycles. The first-order valence-corrected chi connectivity index (χ1v) is 7.76. The van der Waals surface area contributed by atoms with Gasteiger partial charge in [0.2, 0.25) is 0 Å². The van der Waals surface area contributed by atoms with Gasteiger partial charge in [-0.2, -0.15) is 17.6 Å². The van der Waals surface area contributed by atoms with Gasteiger partial charge in [-0.1, -0.05) is 30.3 Å². The van der Waals surface area contributed by atoms with Crippen molar-refractivity contribution >= 4 is 9.84 Å². The summed E-state index contributed by atoms with van der Waals surface area (Å²) in [7, 11) is -4.29. The van der Waals surface area contributed by atoms with Crippen molar-refractivity contribution < 1.29 is 34.8 Å². The summed E-state index contributed by atoms with van der Waals surface area (Å²) < 4.78 is 99.6. The standard InChI is InChI=1S/C12H13F6NO2S/c13-10(14)12(17,18)11(15,16)9(19)7-22(20,21)6-8-4-2-1-3-5-8/h1-5,9-10H,6-7,19H2. The Morgan fingerprint density at radius 3 is 1.95 bits per heavy atom. The second-order valence-corrected chi connectivity index (χ2v) is 6.80. The first-order valence-electron chi connectivity index (χ1n) is 5.94. The van der Waals surface area contributed by atoms with Crippen LogP contribution >= 0.6 is 0 Å². The zero-order valence-electron chi connectivity index (χ0n) is 11.0. The van der Waals surface area contributed by atoms with Crippen molar-refractivity contribution in [3.8, 4) is 0 Å². The molecule has 3 nitrogen and oxygen atoms in total. The molecule has 0 fully saturated rings. The fourth-order valence-corrected chi connectivity index (χ4v) is 3.23. The molecule has 1 atom stereocenters. The molecular weight excluding hydrogens is 336 g/mol. The van der Waals surface area contributed by atoms with Gasteiger partial charge >= 0.3 is 18.3 Å². The summed E-state index contributed by atoms with van der Waals surface area (Å²) in [4.78, 5) is 0. The summed E-state index contributed by atoms with van der Waals surface area (Å²) in [5, 5.41) is 0. The minimum atomic E-state index is -5.71. The maximum absolute atomic E-state index is 13.3. The zero-order valence-corrected chi connectivity index (χ0v) is 11.8. The van der Waals surface area contributed by atoms with Crippen LogP contribution in [0, 0.1) is 0 Å². The third-order valence-electron chi connectivity index (χ3n) is 2.85. The Hall–Kier alpha value is -1.29. The molecule has 1 rings (SSSR count). The van der Waals surface area contributed by atoms with E-state index in [1.807, 2.05) is 0 Å². The molecule has 0 saturated carbocycles. The lowest BCUT2D eigenvalue weighted by molar-refractivity contribution is -0.269. The lowest BCUT2D eigenvalue weighted by Crippen LogP contribution is -2.59. The molecule has 0 aliphatic rings. The topological polar surface area (TPSA) is 60.2 Å². The molecule has 0 radical (unpaired) electrons. The monoisotopic (exact) mass is 349 g/mol. The highest BCUT2D eigenvalue weighted by Crippen LogP contribution is 2.41. The van der Waals surface area contributed by atoms with Crippen LogP contribution in [0.3, 0.4) is 0 Å². The second kappa shape index (κ2) is 6.45. The number of halogens is 6. The largest absolute Gasteiger partial charge is 0.370 e.